The third-order valence-corrected chi connectivity index (χ3v) is 6.29. The Morgan fingerprint density at radius 3 is 2.53 bits per heavy atom. The van der Waals surface area contributed by atoms with Crippen LogP contribution in [0.4, 0.5) is 0 Å². The first-order valence-corrected chi connectivity index (χ1v) is 8.70. The zero-order valence-electron chi connectivity index (χ0n) is 10.9. The van der Waals surface area contributed by atoms with Gasteiger partial charge in [-0.15, -0.1) is 11.3 Å². The maximum Gasteiger partial charge on any atom is 0.310 e. The lowest BCUT2D eigenvalue weighted by Gasteiger charge is -2.23. The number of rotatable bonds is 6. The first-order chi connectivity index (χ1) is 8.62. The number of hydrogen-bond acceptors (Lipinski definition) is 4. The fraction of sp³-hybridized carbons (Fsp3) is 0.545. The average molecular weight is 370 g/mol. The zero-order chi connectivity index (χ0) is 14.8. The largest absolute Gasteiger partial charge is 0.481 e. The topological polar surface area (TPSA) is 83.5 Å². The highest BCUT2D eigenvalue weighted by molar-refractivity contribution is 9.11. The summed E-state index contributed by atoms with van der Waals surface area (Å²) in [7, 11) is -3.68. The molecular formula is C11H16BrNO4S2. The van der Waals surface area contributed by atoms with E-state index in [1.807, 2.05) is 0 Å². The molecule has 1 aromatic rings. The number of carbonyl (C=O) groups is 1. The van der Waals surface area contributed by atoms with E-state index < -0.39 is 21.4 Å². The second-order valence-electron chi connectivity index (χ2n) is 4.51. The van der Waals surface area contributed by atoms with Crippen LogP contribution in [0.3, 0.4) is 0 Å². The van der Waals surface area contributed by atoms with Gasteiger partial charge in [-0.05, 0) is 42.3 Å². The van der Waals surface area contributed by atoms with Crippen LogP contribution < -0.4 is 4.72 Å². The minimum absolute atomic E-state index is 0.131. The molecule has 108 valence electrons. The molecule has 0 spiro atoms. The third-order valence-electron chi connectivity index (χ3n) is 3.08. The first-order valence-electron chi connectivity index (χ1n) is 5.61. The number of carboxylic acids is 1. The molecule has 0 fully saturated rings. The summed E-state index contributed by atoms with van der Waals surface area (Å²) >= 11 is 4.56. The van der Waals surface area contributed by atoms with Gasteiger partial charge in [0.1, 0.15) is 0 Å². The van der Waals surface area contributed by atoms with E-state index in [-0.39, 0.29) is 11.4 Å². The van der Waals surface area contributed by atoms with Crippen molar-refractivity contribution in [1.29, 1.82) is 0 Å². The molecule has 1 aromatic heterocycles. The van der Waals surface area contributed by atoms with E-state index in [9.17, 15) is 13.2 Å². The quantitative estimate of drug-likeness (QED) is 0.806. The molecule has 0 saturated carbocycles. The lowest BCUT2D eigenvalue weighted by molar-refractivity contribution is -0.147. The molecule has 0 saturated heterocycles. The van der Waals surface area contributed by atoms with E-state index in [1.54, 1.807) is 13.8 Å². The van der Waals surface area contributed by atoms with Crippen molar-refractivity contribution in [2.75, 3.05) is 6.54 Å². The predicted octanol–water partition coefficient (Wildman–Crippen LogP) is 2.60. The van der Waals surface area contributed by atoms with Crippen molar-refractivity contribution in [2.24, 2.45) is 5.41 Å². The van der Waals surface area contributed by atoms with Gasteiger partial charge in [0, 0.05) is 11.4 Å². The molecule has 0 aliphatic rings. The molecule has 0 radical (unpaired) electrons. The van der Waals surface area contributed by atoms with Crippen LogP contribution in [0.5, 0.6) is 0 Å². The molecule has 1 unspecified atom stereocenters. The van der Waals surface area contributed by atoms with E-state index in [0.29, 0.717) is 11.3 Å². The molecule has 0 bridgehead atoms. The molecular weight excluding hydrogens is 354 g/mol. The summed E-state index contributed by atoms with van der Waals surface area (Å²) in [6.07, 6.45) is 0.344. The summed E-state index contributed by atoms with van der Waals surface area (Å²) in [5.74, 6) is -1.01. The Balaban J connectivity index is 2.93. The van der Waals surface area contributed by atoms with E-state index in [2.05, 4.69) is 20.7 Å². The van der Waals surface area contributed by atoms with Crippen LogP contribution in [0.2, 0.25) is 0 Å². The van der Waals surface area contributed by atoms with Crippen molar-refractivity contribution >= 4 is 43.3 Å². The van der Waals surface area contributed by atoms with E-state index in [0.717, 1.165) is 3.79 Å². The van der Waals surface area contributed by atoms with Gasteiger partial charge >= 0.3 is 5.97 Å². The standard InChI is InChI=1S/C11H16BrNO4S2/c1-4-11(3,10(14)15)6-13-19(16,17)8-5-9(12)18-7(8)2/h5,13H,4,6H2,1-3H3,(H,14,15). The molecule has 1 heterocycles. The van der Waals surface area contributed by atoms with Gasteiger partial charge in [0.05, 0.1) is 14.1 Å². The molecule has 0 amide bonds. The Morgan fingerprint density at radius 2 is 2.16 bits per heavy atom. The van der Waals surface area contributed by atoms with Gasteiger partial charge in [0.2, 0.25) is 10.0 Å². The number of halogens is 1. The minimum Gasteiger partial charge on any atom is -0.481 e. The van der Waals surface area contributed by atoms with Crippen LogP contribution >= 0.6 is 27.3 Å². The maximum atomic E-state index is 12.1. The van der Waals surface area contributed by atoms with Gasteiger partial charge in [-0.2, -0.15) is 0 Å². The van der Waals surface area contributed by atoms with Crippen LogP contribution in [-0.2, 0) is 14.8 Å². The molecule has 0 aliphatic carbocycles. The van der Waals surface area contributed by atoms with Crippen LogP contribution in [0.1, 0.15) is 25.1 Å². The second kappa shape index (κ2) is 5.90. The van der Waals surface area contributed by atoms with Crippen molar-refractivity contribution < 1.29 is 18.3 Å². The molecule has 2 N–H and O–H groups in total. The van der Waals surface area contributed by atoms with E-state index >= 15 is 0 Å². The van der Waals surface area contributed by atoms with Crippen molar-refractivity contribution in [3.8, 4) is 0 Å². The van der Waals surface area contributed by atoms with Gasteiger partial charge in [-0.3, -0.25) is 4.79 Å². The van der Waals surface area contributed by atoms with Crippen molar-refractivity contribution in [3.05, 3.63) is 14.7 Å². The summed E-state index contributed by atoms with van der Waals surface area (Å²) in [6.45, 7) is 4.82. The molecule has 5 nitrogen and oxygen atoms in total. The SMILES string of the molecule is CCC(C)(CNS(=O)(=O)c1cc(Br)sc1C)C(=O)O. The number of aliphatic carboxylic acids is 1. The number of thiophene rings is 1. The van der Waals surface area contributed by atoms with Crippen LogP contribution in [0, 0.1) is 12.3 Å². The van der Waals surface area contributed by atoms with E-state index in [1.165, 1.54) is 24.3 Å². The number of sulfonamides is 1. The predicted molar refractivity (Wildman–Crippen MR) is 78.0 cm³/mol. The van der Waals surface area contributed by atoms with Crippen molar-refractivity contribution in [1.82, 2.24) is 4.72 Å². The lowest BCUT2D eigenvalue weighted by Crippen LogP contribution is -2.40. The second-order valence-corrected chi connectivity index (χ2v) is 8.89. The molecule has 0 aromatic carbocycles. The highest BCUT2D eigenvalue weighted by atomic mass is 79.9. The van der Waals surface area contributed by atoms with Gasteiger partial charge < -0.3 is 5.11 Å². The normalized spacial score (nSPS) is 15.2. The minimum atomic E-state index is -3.68. The van der Waals surface area contributed by atoms with Crippen molar-refractivity contribution in [2.45, 2.75) is 32.1 Å². The van der Waals surface area contributed by atoms with Crippen LogP contribution in [0.25, 0.3) is 0 Å². The van der Waals surface area contributed by atoms with Gasteiger partial charge in [-0.1, -0.05) is 6.92 Å². The Bertz CT molecular complexity index is 582. The fourth-order valence-electron chi connectivity index (χ4n) is 1.38. The number of nitrogens with one attached hydrogen (secondary N) is 1. The molecule has 19 heavy (non-hydrogen) atoms. The smallest absolute Gasteiger partial charge is 0.310 e. The van der Waals surface area contributed by atoms with Gasteiger partial charge in [0.25, 0.3) is 0 Å². The number of aryl methyl sites for hydroxylation is 1. The van der Waals surface area contributed by atoms with Crippen LogP contribution in [0.15, 0.2) is 14.7 Å². The highest BCUT2D eigenvalue weighted by Crippen LogP contribution is 2.30. The fourth-order valence-corrected chi connectivity index (χ4v) is 4.96. The summed E-state index contributed by atoms with van der Waals surface area (Å²) in [4.78, 5) is 12.0. The van der Waals surface area contributed by atoms with Gasteiger partial charge in [-0.25, -0.2) is 13.1 Å². The first kappa shape index (κ1) is 16.6. The Labute approximate surface area is 125 Å². The average Bonchev–Trinajstić information content (AvgIpc) is 2.66. The molecule has 0 aliphatic heterocycles. The molecule has 1 atom stereocenters. The summed E-state index contributed by atoms with van der Waals surface area (Å²) in [6, 6.07) is 1.52. The Morgan fingerprint density at radius 1 is 1.58 bits per heavy atom. The Kier molecular flexibility index (Phi) is 5.16. The lowest BCUT2D eigenvalue weighted by atomic mass is 9.88. The summed E-state index contributed by atoms with van der Waals surface area (Å²) in [5.41, 5.74) is -1.10. The Hall–Kier alpha value is -0.440. The molecule has 1 rings (SSSR count). The highest BCUT2D eigenvalue weighted by Gasteiger charge is 2.33. The van der Waals surface area contributed by atoms with Gasteiger partial charge in [0.15, 0.2) is 0 Å². The monoisotopic (exact) mass is 369 g/mol. The molecule has 8 heteroatoms. The summed E-state index contributed by atoms with van der Waals surface area (Å²) < 4.78 is 27.4. The number of hydrogen-bond donors (Lipinski definition) is 2. The summed E-state index contributed by atoms with van der Waals surface area (Å²) in [5, 5.41) is 9.12. The zero-order valence-corrected chi connectivity index (χ0v) is 14.1. The van der Waals surface area contributed by atoms with Crippen molar-refractivity contribution in [3.63, 3.8) is 0 Å². The van der Waals surface area contributed by atoms with Crippen LogP contribution in [-0.4, -0.2) is 26.0 Å². The number of carboxylic acid groups (broad SMARTS) is 1. The maximum absolute atomic E-state index is 12.1. The third kappa shape index (κ3) is 3.77. The van der Waals surface area contributed by atoms with E-state index in [4.69, 9.17) is 5.11 Å².